The maximum Gasteiger partial charge on any atom is 0.273 e. The number of anilines is 1. The Balaban J connectivity index is 2.07. The number of hydrogen-bond acceptors (Lipinski definition) is 4. The van der Waals surface area contributed by atoms with Crippen LogP contribution in [0.2, 0.25) is 0 Å². The monoisotopic (exact) mass is 341 g/mol. The highest BCUT2D eigenvalue weighted by Crippen LogP contribution is 2.31. The van der Waals surface area contributed by atoms with E-state index >= 15 is 0 Å². The van der Waals surface area contributed by atoms with Crippen molar-refractivity contribution >= 4 is 27.3 Å². The number of nitro benzene ring substituents is 1. The topological polar surface area (TPSA) is 58.4 Å². The average molecular weight is 342 g/mol. The van der Waals surface area contributed by atoms with Crippen LogP contribution in [-0.2, 0) is 0 Å². The van der Waals surface area contributed by atoms with Crippen molar-refractivity contribution in [3.05, 3.63) is 32.3 Å². The number of nitrogens with zero attached hydrogens (tertiary/aromatic N) is 2. The van der Waals surface area contributed by atoms with Crippen molar-refractivity contribution in [1.82, 2.24) is 4.90 Å². The van der Waals surface area contributed by atoms with Crippen LogP contribution in [-0.4, -0.2) is 35.5 Å². The van der Waals surface area contributed by atoms with Crippen molar-refractivity contribution < 1.29 is 4.92 Å². The summed E-state index contributed by atoms with van der Waals surface area (Å²) < 4.78 is 0.757. The zero-order chi connectivity index (χ0) is 14.7. The second kappa shape index (κ2) is 6.54. The second-order valence-corrected chi connectivity index (χ2v) is 6.08. The molecule has 0 saturated carbocycles. The van der Waals surface area contributed by atoms with Crippen molar-refractivity contribution in [3.63, 3.8) is 0 Å². The highest BCUT2D eigenvalue weighted by Gasteiger charge is 2.20. The van der Waals surface area contributed by atoms with Gasteiger partial charge in [-0.05, 0) is 48.3 Å². The molecule has 2 rings (SSSR count). The van der Waals surface area contributed by atoms with Gasteiger partial charge in [-0.3, -0.25) is 10.1 Å². The van der Waals surface area contributed by atoms with E-state index in [1.54, 1.807) is 13.0 Å². The van der Waals surface area contributed by atoms with Gasteiger partial charge in [-0.2, -0.15) is 0 Å². The molecule has 0 aliphatic carbocycles. The Morgan fingerprint density at radius 3 is 2.65 bits per heavy atom. The van der Waals surface area contributed by atoms with Crippen LogP contribution in [0.1, 0.15) is 25.3 Å². The molecule has 1 aromatic rings. The summed E-state index contributed by atoms with van der Waals surface area (Å²) in [7, 11) is 0. The number of rotatable bonds is 4. The van der Waals surface area contributed by atoms with Crippen molar-refractivity contribution in [2.24, 2.45) is 0 Å². The Hall–Kier alpha value is -1.14. The number of halogens is 1. The van der Waals surface area contributed by atoms with E-state index in [1.165, 1.54) is 0 Å². The van der Waals surface area contributed by atoms with Crippen LogP contribution in [0.5, 0.6) is 0 Å². The number of hydrogen-bond donors (Lipinski definition) is 1. The van der Waals surface area contributed by atoms with Crippen molar-refractivity contribution in [2.75, 3.05) is 25.0 Å². The van der Waals surface area contributed by atoms with Crippen LogP contribution in [0, 0.1) is 17.0 Å². The van der Waals surface area contributed by atoms with Crippen LogP contribution in [0.15, 0.2) is 16.6 Å². The van der Waals surface area contributed by atoms with Crippen LogP contribution in [0.25, 0.3) is 0 Å². The van der Waals surface area contributed by atoms with Gasteiger partial charge >= 0.3 is 0 Å². The predicted octanol–water partition coefficient (Wildman–Crippen LogP) is 3.56. The first-order valence-electron chi connectivity index (χ1n) is 6.94. The minimum Gasteiger partial charge on any atom is -0.381 e. The number of benzene rings is 1. The summed E-state index contributed by atoms with van der Waals surface area (Å²) in [6.07, 6.45) is 2.21. The molecule has 1 fully saturated rings. The first-order valence-corrected chi connectivity index (χ1v) is 7.74. The van der Waals surface area contributed by atoms with Crippen molar-refractivity contribution in [3.8, 4) is 0 Å². The Morgan fingerprint density at radius 2 is 2.10 bits per heavy atom. The third kappa shape index (κ3) is 3.49. The van der Waals surface area contributed by atoms with E-state index < -0.39 is 0 Å². The minimum atomic E-state index is -0.344. The fraction of sp³-hybridized carbons (Fsp3) is 0.571. The predicted molar refractivity (Wildman–Crippen MR) is 84.3 cm³/mol. The van der Waals surface area contributed by atoms with Gasteiger partial charge in [0.2, 0.25) is 0 Å². The van der Waals surface area contributed by atoms with E-state index in [-0.39, 0.29) is 10.6 Å². The fourth-order valence-electron chi connectivity index (χ4n) is 2.59. The Kier molecular flexibility index (Phi) is 4.99. The Morgan fingerprint density at radius 1 is 1.45 bits per heavy atom. The Labute approximate surface area is 127 Å². The van der Waals surface area contributed by atoms with Gasteiger partial charge in [-0.25, -0.2) is 0 Å². The molecule has 5 nitrogen and oxygen atoms in total. The molecule has 0 amide bonds. The molecule has 0 bridgehead atoms. The summed E-state index contributed by atoms with van der Waals surface area (Å²) in [6.45, 7) is 7.28. The van der Waals surface area contributed by atoms with E-state index in [1.807, 2.05) is 6.07 Å². The lowest BCUT2D eigenvalue weighted by Gasteiger charge is -2.32. The quantitative estimate of drug-likeness (QED) is 0.671. The van der Waals surface area contributed by atoms with Crippen LogP contribution in [0.4, 0.5) is 11.4 Å². The van der Waals surface area contributed by atoms with Gasteiger partial charge in [0.15, 0.2) is 0 Å². The highest BCUT2D eigenvalue weighted by atomic mass is 79.9. The number of piperidine rings is 1. The van der Waals surface area contributed by atoms with Gasteiger partial charge in [-0.15, -0.1) is 0 Å². The zero-order valence-corrected chi connectivity index (χ0v) is 13.4. The molecular weight excluding hydrogens is 322 g/mol. The summed E-state index contributed by atoms with van der Waals surface area (Å²) in [5.41, 5.74) is 1.79. The number of likely N-dealkylation sites (tertiary alicyclic amines) is 1. The highest BCUT2D eigenvalue weighted by molar-refractivity contribution is 9.10. The van der Waals surface area contributed by atoms with Gasteiger partial charge in [0.25, 0.3) is 5.69 Å². The molecule has 1 aliphatic heterocycles. The molecule has 1 saturated heterocycles. The largest absolute Gasteiger partial charge is 0.381 e. The number of nitro groups is 1. The summed E-state index contributed by atoms with van der Waals surface area (Å²) in [5, 5.41) is 14.4. The SMILES string of the molecule is CCN1CCC(Nc2cc(C)c([N+](=O)[O-])cc2Br)CC1. The molecule has 110 valence electrons. The van der Waals surface area contributed by atoms with Gasteiger partial charge in [0, 0.05) is 40.9 Å². The summed E-state index contributed by atoms with van der Waals surface area (Å²) in [5.74, 6) is 0. The lowest BCUT2D eigenvalue weighted by molar-refractivity contribution is -0.385. The van der Waals surface area contributed by atoms with Gasteiger partial charge in [-0.1, -0.05) is 6.92 Å². The van der Waals surface area contributed by atoms with Crippen LogP contribution in [0.3, 0.4) is 0 Å². The molecule has 1 aromatic carbocycles. The summed E-state index contributed by atoms with van der Waals surface area (Å²) in [4.78, 5) is 13.0. The van der Waals surface area contributed by atoms with Gasteiger partial charge in [0.05, 0.1) is 4.92 Å². The number of nitrogens with one attached hydrogen (secondary N) is 1. The maximum absolute atomic E-state index is 10.9. The molecular formula is C14H20BrN3O2. The second-order valence-electron chi connectivity index (χ2n) is 5.23. The Bertz CT molecular complexity index is 499. The molecule has 0 atom stereocenters. The van der Waals surface area contributed by atoms with Gasteiger partial charge < -0.3 is 10.2 Å². The molecule has 0 aromatic heterocycles. The molecule has 1 aliphatic rings. The summed E-state index contributed by atoms with van der Waals surface area (Å²) >= 11 is 3.42. The maximum atomic E-state index is 10.9. The third-order valence-corrected chi connectivity index (χ3v) is 4.53. The van der Waals surface area contributed by atoms with E-state index in [2.05, 4.69) is 33.1 Å². The van der Waals surface area contributed by atoms with E-state index in [4.69, 9.17) is 0 Å². The lowest BCUT2D eigenvalue weighted by Crippen LogP contribution is -2.38. The molecule has 20 heavy (non-hydrogen) atoms. The normalized spacial score (nSPS) is 17.1. The van der Waals surface area contributed by atoms with Gasteiger partial charge in [0.1, 0.15) is 0 Å². The minimum absolute atomic E-state index is 0.156. The average Bonchev–Trinajstić information content (AvgIpc) is 2.43. The smallest absolute Gasteiger partial charge is 0.273 e. The van der Waals surface area contributed by atoms with E-state index in [0.717, 1.165) is 42.6 Å². The van der Waals surface area contributed by atoms with E-state index in [9.17, 15) is 10.1 Å². The molecule has 1 N–H and O–H groups in total. The standard InChI is InChI=1S/C14H20BrN3O2/c1-3-17-6-4-11(5-7-17)16-13-8-10(2)14(18(19)20)9-12(13)15/h8-9,11,16H,3-7H2,1-2H3. The lowest BCUT2D eigenvalue weighted by atomic mass is 10.0. The first kappa shape index (κ1) is 15.3. The molecule has 0 unspecified atom stereocenters. The molecule has 0 spiro atoms. The van der Waals surface area contributed by atoms with Crippen molar-refractivity contribution in [2.45, 2.75) is 32.7 Å². The van der Waals surface area contributed by atoms with Crippen LogP contribution >= 0.6 is 15.9 Å². The van der Waals surface area contributed by atoms with Crippen molar-refractivity contribution in [1.29, 1.82) is 0 Å². The van der Waals surface area contributed by atoms with Crippen LogP contribution < -0.4 is 5.32 Å². The first-order chi connectivity index (χ1) is 9.51. The third-order valence-electron chi connectivity index (χ3n) is 3.88. The zero-order valence-electron chi connectivity index (χ0n) is 11.9. The molecule has 1 heterocycles. The molecule has 6 heteroatoms. The number of aryl methyl sites for hydroxylation is 1. The molecule has 0 radical (unpaired) electrons. The van der Waals surface area contributed by atoms with E-state index in [0.29, 0.717) is 11.6 Å². The fourth-order valence-corrected chi connectivity index (χ4v) is 3.04. The summed E-state index contributed by atoms with van der Waals surface area (Å²) in [6, 6.07) is 3.88.